The highest BCUT2D eigenvalue weighted by atomic mass is 16.5. The number of aliphatic hydroxyl groups is 3. The zero-order chi connectivity index (χ0) is 18.6. The summed E-state index contributed by atoms with van der Waals surface area (Å²) in [5.41, 5.74) is -0.364. The van der Waals surface area contributed by atoms with Crippen LogP contribution < -0.4 is 4.74 Å². The van der Waals surface area contributed by atoms with Gasteiger partial charge in [0.2, 0.25) is 0 Å². The zero-order valence-electron chi connectivity index (χ0n) is 13.0. The van der Waals surface area contributed by atoms with E-state index in [1.165, 1.54) is 6.08 Å². The van der Waals surface area contributed by atoms with Crippen molar-refractivity contribution in [3.8, 4) is 17.2 Å². The molecule has 0 aliphatic carbocycles. The molecule has 1 aromatic carbocycles. The number of fused-ring (bicyclic) bond motifs is 1. The molecular formula is C16H18O9. The molecule has 25 heavy (non-hydrogen) atoms. The molecule has 5 N–H and O–H groups in total. The van der Waals surface area contributed by atoms with Gasteiger partial charge >= 0.3 is 5.97 Å². The molecule has 0 saturated heterocycles. The van der Waals surface area contributed by atoms with Crippen LogP contribution in [0.1, 0.15) is 16.8 Å². The summed E-state index contributed by atoms with van der Waals surface area (Å²) in [6, 6.07) is 1.93. The van der Waals surface area contributed by atoms with Gasteiger partial charge < -0.3 is 35.0 Å². The number of hydrogen-bond acceptors (Lipinski definition) is 9. The molecule has 1 aliphatic heterocycles. The van der Waals surface area contributed by atoms with Gasteiger partial charge in [0.15, 0.2) is 5.78 Å². The molecule has 9 heteroatoms. The monoisotopic (exact) mass is 354 g/mol. The molecule has 0 fully saturated rings. The Labute approximate surface area is 142 Å². The highest BCUT2D eigenvalue weighted by molar-refractivity contribution is 5.96. The summed E-state index contributed by atoms with van der Waals surface area (Å²) in [5, 5.41) is 48.8. The molecule has 1 aromatic rings. The van der Waals surface area contributed by atoms with E-state index in [0.29, 0.717) is 0 Å². The van der Waals surface area contributed by atoms with Crippen molar-refractivity contribution in [3.05, 3.63) is 29.8 Å². The number of phenolic OH excluding ortho intramolecular Hbond substituents is 2. The molecular weight excluding hydrogens is 336 g/mol. The Kier molecular flexibility index (Phi) is 5.97. The average Bonchev–Trinajstić information content (AvgIpc) is 2.56. The van der Waals surface area contributed by atoms with Gasteiger partial charge in [-0.3, -0.25) is 4.79 Å². The largest absolute Gasteiger partial charge is 0.508 e. The highest BCUT2D eigenvalue weighted by Crippen LogP contribution is 2.33. The predicted molar refractivity (Wildman–Crippen MR) is 82.3 cm³/mol. The van der Waals surface area contributed by atoms with Gasteiger partial charge in [-0.15, -0.1) is 0 Å². The molecule has 2 rings (SSSR count). The molecule has 1 heterocycles. The van der Waals surface area contributed by atoms with Crippen molar-refractivity contribution in [3.63, 3.8) is 0 Å². The smallest absolute Gasteiger partial charge is 0.345 e. The first-order chi connectivity index (χ1) is 11.8. The number of carbonyl (C=O) groups excluding carboxylic acids is 2. The van der Waals surface area contributed by atoms with Crippen LogP contribution in [0.4, 0.5) is 0 Å². The van der Waals surface area contributed by atoms with Crippen molar-refractivity contribution in [2.45, 2.75) is 24.7 Å². The van der Waals surface area contributed by atoms with Gasteiger partial charge in [-0.1, -0.05) is 6.08 Å². The summed E-state index contributed by atoms with van der Waals surface area (Å²) in [5.74, 6) is -3.04. The molecule has 0 amide bonds. The summed E-state index contributed by atoms with van der Waals surface area (Å²) < 4.78 is 10.1. The fraction of sp³-hybridized carbons (Fsp3) is 0.375. The lowest BCUT2D eigenvalue weighted by molar-refractivity contribution is -0.134. The molecule has 0 bridgehead atoms. The number of aromatic hydroxyl groups is 2. The fourth-order valence-corrected chi connectivity index (χ4v) is 2.15. The molecule has 0 unspecified atom stereocenters. The predicted octanol–water partition coefficient (Wildman–Crippen LogP) is -0.755. The Bertz CT molecular complexity index is 682. The fourth-order valence-electron chi connectivity index (χ4n) is 2.15. The van der Waals surface area contributed by atoms with Gasteiger partial charge in [0.25, 0.3) is 0 Å². The second kappa shape index (κ2) is 7.97. The summed E-state index contributed by atoms with van der Waals surface area (Å²) in [4.78, 5) is 23.8. The van der Waals surface area contributed by atoms with E-state index in [2.05, 4.69) is 0 Å². The van der Waals surface area contributed by atoms with Crippen LogP contribution in [-0.4, -0.2) is 68.8 Å². The number of benzene rings is 1. The molecule has 0 radical (unpaired) electrons. The normalized spacial score (nSPS) is 26.8. The maximum Gasteiger partial charge on any atom is 0.345 e. The van der Waals surface area contributed by atoms with Crippen molar-refractivity contribution in [1.82, 2.24) is 0 Å². The van der Waals surface area contributed by atoms with E-state index in [0.717, 1.165) is 18.2 Å². The number of hydrogen-bond donors (Lipinski definition) is 5. The van der Waals surface area contributed by atoms with Crippen LogP contribution in [0.2, 0.25) is 0 Å². The molecule has 0 aromatic heterocycles. The van der Waals surface area contributed by atoms with E-state index in [9.17, 15) is 35.1 Å². The van der Waals surface area contributed by atoms with E-state index in [-0.39, 0.29) is 24.3 Å². The lowest BCUT2D eigenvalue weighted by Crippen LogP contribution is -2.44. The third-order valence-electron chi connectivity index (χ3n) is 3.49. The zero-order valence-corrected chi connectivity index (χ0v) is 13.0. The first-order valence-electron chi connectivity index (χ1n) is 7.41. The average molecular weight is 354 g/mol. The standard InChI is InChI=1S/C16H18O9/c17-8-5-10(19)13-12(6-8)25-7-11(20)15(22)14(21)9(18)3-1-2-4-24-16(13)23/h1,3,5-6,11,14-15,17,19-22H,2,4,7H2/b3-1-/t11-,14-,15+/m1/s1. The summed E-state index contributed by atoms with van der Waals surface area (Å²) in [7, 11) is 0. The first-order valence-corrected chi connectivity index (χ1v) is 7.41. The van der Waals surface area contributed by atoms with Crippen molar-refractivity contribution < 1.29 is 44.6 Å². The van der Waals surface area contributed by atoms with Crippen LogP contribution in [0.25, 0.3) is 0 Å². The number of ether oxygens (including phenoxy) is 2. The van der Waals surface area contributed by atoms with E-state index in [1.54, 1.807) is 0 Å². The molecule has 1 aliphatic rings. The van der Waals surface area contributed by atoms with E-state index < -0.39 is 48.2 Å². The number of carbonyl (C=O) groups is 2. The topological polar surface area (TPSA) is 154 Å². The van der Waals surface area contributed by atoms with Crippen molar-refractivity contribution in [2.75, 3.05) is 13.2 Å². The molecule has 9 nitrogen and oxygen atoms in total. The van der Waals surface area contributed by atoms with Gasteiger partial charge in [-0.2, -0.15) is 0 Å². The third kappa shape index (κ3) is 4.47. The molecule has 0 spiro atoms. The van der Waals surface area contributed by atoms with E-state index >= 15 is 0 Å². The number of rotatable bonds is 0. The Balaban J connectivity index is 2.35. The first kappa shape index (κ1) is 18.7. The van der Waals surface area contributed by atoms with Crippen LogP contribution in [0.15, 0.2) is 24.3 Å². The van der Waals surface area contributed by atoms with Crippen LogP contribution in [0, 0.1) is 0 Å². The van der Waals surface area contributed by atoms with Crippen LogP contribution >= 0.6 is 0 Å². The second-order valence-electron chi connectivity index (χ2n) is 5.38. The number of phenols is 2. The number of ketones is 1. The number of aliphatic hydroxyl groups excluding tert-OH is 3. The summed E-state index contributed by atoms with van der Waals surface area (Å²) >= 11 is 0. The van der Waals surface area contributed by atoms with Crippen molar-refractivity contribution >= 4 is 11.8 Å². The van der Waals surface area contributed by atoms with Crippen LogP contribution in [0.3, 0.4) is 0 Å². The van der Waals surface area contributed by atoms with E-state index in [1.807, 2.05) is 0 Å². The van der Waals surface area contributed by atoms with Gasteiger partial charge in [0.1, 0.15) is 47.7 Å². The van der Waals surface area contributed by atoms with Gasteiger partial charge in [-0.25, -0.2) is 4.79 Å². The summed E-state index contributed by atoms with van der Waals surface area (Å²) in [6.07, 6.45) is -2.90. The maximum atomic E-state index is 12.1. The molecule has 3 atom stereocenters. The van der Waals surface area contributed by atoms with Gasteiger partial charge in [0, 0.05) is 12.1 Å². The van der Waals surface area contributed by atoms with Crippen LogP contribution in [0.5, 0.6) is 17.2 Å². The SMILES string of the molecule is O=C1OCC/C=C\C(=O)[C@@H](O)[C@@H](O)[C@H](O)COc2cc(O)cc(O)c21. The van der Waals surface area contributed by atoms with Gasteiger partial charge in [-0.05, 0) is 12.5 Å². The second-order valence-corrected chi connectivity index (χ2v) is 5.38. The minimum Gasteiger partial charge on any atom is -0.508 e. The number of esters is 1. The van der Waals surface area contributed by atoms with Gasteiger partial charge in [0.05, 0.1) is 6.61 Å². The summed E-state index contributed by atoms with van der Waals surface area (Å²) in [6.45, 7) is -0.748. The van der Waals surface area contributed by atoms with E-state index in [4.69, 9.17) is 9.47 Å². The van der Waals surface area contributed by atoms with Crippen molar-refractivity contribution in [2.24, 2.45) is 0 Å². The third-order valence-corrected chi connectivity index (χ3v) is 3.49. The quantitative estimate of drug-likeness (QED) is 0.378. The maximum absolute atomic E-state index is 12.1. The Morgan fingerprint density at radius 3 is 2.48 bits per heavy atom. The minimum atomic E-state index is -1.86. The Hall–Kier alpha value is -2.62. The number of cyclic esters (lactones) is 1. The van der Waals surface area contributed by atoms with Crippen LogP contribution in [-0.2, 0) is 9.53 Å². The molecule has 0 saturated carbocycles. The molecule has 136 valence electrons. The minimum absolute atomic E-state index is 0.121. The lowest BCUT2D eigenvalue weighted by Gasteiger charge is -2.22. The van der Waals surface area contributed by atoms with Crippen molar-refractivity contribution in [1.29, 1.82) is 0 Å². The lowest BCUT2D eigenvalue weighted by atomic mass is 10.0. The Morgan fingerprint density at radius 1 is 1.04 bits per heavy atom. The Morgan fingerprint density at radius 2 is 1.76 bits per heavy atom. The highest BCUT2D eigenvalue weighted by Gasteiger charge is 2.30.